The van der Waals surface area contributed by atoms with Crippen LogP contribution < -0.4 is 10.6 Å². The van der Waals surface area contributed by atoms with Crippen molar-refractivity contribution < 1.29 is 4.79 Å². The first-order valence-corrected chi connectivity index (χ1v) is 6.55. The summed E-state index contributed by atoms with van der Waals surface area (Å²) >= 11 is 0. The molecule has 0 aliphatic carbocycles. The molecule has 1 aromatic carbocycles. The van der Waals surface area contributed by atoms with Crippen LogP contribution in [0, 0.1) is 11.8 Å². The maximum absolute atomic E-state index is 11.5. The van der Waals surface area contributed by atoms with Gasteiger partial charge < -0.3 is 10.6 Å². The Kier molecular flexibility index (Phi) is 4.96. The van der Waals surface area contributed by atoms with E-state index >= 15 is 0 Å². The number of nitrogens with one attached hydrogen (secondary N) is 2. The number of carbonyl (C=O) groups is 1. The number of fused-ring (bicyclic) bond motifs is 1. The second kappa shape index (κ2) is 7.15. The van der Waals surface area contributed by atoms with Gasteiger partial charge in [0.25, 0.3) is 0 Å². The van der Waals surface area contributed by atoms with Crippen molar-refractivity contribution in [2.24, 2.45) is 0 Å². The van der Waals surface area contributed by atoms with Crippen molar-refractivity contribution >= 4 is 16.9 Å². The summed E-state index contributed by atoms with van der Waals surface area (Å²) in [4.78, 5) is 15.9. The van der Waals surface area contributed by atoms with Crippen molar-refractivity contribution in [3.63, 3.8) is 0 Å². The molecule has 0 unspecified atom stereocenters. The van der Waals surface area contributed by atoms with Gasteiger partial charge in [0.05, 0.1) is 12.1 Å². The van der Waals surface area contributed by atoms with E-state index in [9.17, 15) is 4.79 Å². The number of aromatic nitrogens is 1. The van der Waals surface area contributed by atoms with Crippen LogP contribution in [-0.2, 0) is 6.42 Å². The van der Waals surface area contributed by atoms with Gasteiger partial charge in [-0.25, -0.2) is 4.79 Å². The van der Waals surface area contributed by atoms with E-state index in [1.165, 1.54) is 0 Å². The van der Waals surface area contributed by atoms with Crippen LogP contribution in [0.5, 0.6) is 0 Å². The van der Waals surface area contributed by atoms with Crippen LogP contribution in [0.15, 0.2) is 36.5 Å². The lowest BCUT2D eigenvalue weighted by Crippen LogP contribution is -2.36. The molecule has 0 atom stereocenters. The molecule has 0 saturated heterocycles. The van der Waals surface area contributed by atoms with Crippen LogP contribution >= 0.6 is 0 Å². The highest BCUT2D eigenvalue weighted by molar-refractivity contribution is 5.81. The molecule has 2 rings (SSSR count). The van der Waals surface area contributed by atoms with Crippen LogP contribution in [0.4, 0.5) is 4.79 Å². The number of rotatable bonds is 4. The predicted octanol–water partition coefficient (Wildman–Crippen LogP) is 2.10. The number of para-hydroxylation sites is 1. The van der Waals surface area contributed by atoms with Crippen molar-refractivity contribution in [3.05, 3.63) is 42.1 Å². The third kappa shape index (κ3) is 3.72. The summed E-state index contributed by atoms with van der Waals surface area (Å²) in [6.07, 6.45) is 2.54. The third-order valence-electron chi connectivity index (χ3n) is 2.91. The highest BCUT2D eigenvalue weighted by Crippen LogP contribution is 2.15. The van der Waals surface area contributed by atoms with Crippen LogP contribution in [0.25, 0.3) is 10.9 Å². The molecule has 1 heterocycles. The maximum atomic E-state index is 11.5. The van der Waals surface area contributed by atoms with Crippen molar-refractivity contribution in [2.75, 3.05) is 13.1 Å². The topological polar surface area (TPSA) is 54.0 Å². The first-order valence-electron chi connectivity index (χ1n) is 6.55. The average Bonchev–Trinajstić information content (AvgIpc) is 2.48. The molecule has 0 saturated carbocycles. The highest BCUT2D eigenvalue weighted by atomic mass is 16.2. The van der Waals surface area contributed by atoms with Crippen molar-refractivity contribution in [1.82, 2.24) is 15.6 Å². The molecule has 4 nitrogen and oxygen atoms in total. The molecular formula is C16H17N3O. The Morgan fingerprint density at radius 3 is 2.95 bits per heavy atom. The van der Waals surface area contributed by atoms with Gasteiger partial charge in [-0.3, -0.25) is 4.98 Å². The lowest BCUT2D eigenvalue weighted by molar-refractivity contribution is 0.242. The molecule has 0 fully saturated rings. The summed E-state index contributed by atoms with van der Waals surface area (Å²) in [5.41, 5.74) is 2.13. The van der Waals surface area contributed by atoms with Gasteiger partial charge in [0.2, 0.25) is 0 Å². The van der Waals surface area contributed by atoms with Gasteiger partial charge in [0.15, 0.2) is 0 Å². The molecule has 0 aliphatic heterocycles. The van der Waals surface area contributed by atoms with Crippen molar-refractivity contribution in [1.29, 1.82) is 0 Å². The minimum Gasteiger partial charge on any atom is -0.338 e. The summed E-state index contributed by atoms with van der Waals surface area (Å²) in [6, 6.07) is 9.85. The number of hydrogen-bond acceptors (Lipinski definition) is 2. The fourth-order valence-electron chi connectivity index (χ4n) is 1.96. The fraction of sp³-hybridized carbons (Fsp3) is 0.250. The molecule has 2 amide bonds. The third-order valence-corrected chi connectivity index (χ3v) is 2.91. The molecule has 0 aliphatic rings. The van der Waals surface area contributed by atoms with E-state index < -0.39 is 0 Å². The van der Waals surface area contributed by atoms with E-state index in [0.29, 0.717) is 13.1 Å². The standard InChI is InChI=1S/C16H17N3O/c1-2-3-10-18-16(20)19-12-9-14-7-4-6-13-8-5-11-17-15(13)14/h4-8,11H,9-10,12H2,1H3,(H2,18,19,20). The Hall–Kier alpha value is -2.54. The molecule has 20 heavy (non-hydrogen) atoms. The largest absolute Gasteiger partial charge is 0.338 e. The Morgan fingerprint density at radius 2 is 2.10 bits per heavy atom. The summed E-state index contributed by atoms with van der Waals surface area (Å²) in [5.74, 6) is 5.50. The number of carbonyl (C=O) groups excluding carboxylic acids is 1. The zero-order chi connectivity index (χ0) is 14.2. The normalized spacial score (nSPS) is 9.65. The molecule has 0 radical (unpaired) electrons. The SMILES string of the molecule is CC#CCNC(=O)NCCc1cccc2cccnc12. The first kappa shape index (κ1) is 13.9. The van der Waals surface area contributed by atoms with E-state index in [1.54, 1.807) is 13.1 Å². The molecule has 1 aromatic heterocycles. The lowest BCUT2D eigenvalue weighted by Gasteiger charge is -2.07. The predicted molar refractivity (Wildman–Crippen MR) is 80.3 cm³/mol. The van der Waals surface area contributed by atoms with E-state index in [4.69, 9.17) is 0 Å². The number of amides is 2. The minimum atomic E-state index is -0.194. The molecule has 102 valence electrons. The van der Waals surface area contributed by atoms with Gasteiger partial charge in [0.1, 0.15) is 0 Å². The number of benzene rings is 1. The Bertz CT molecular complexity index is 650. The number of hydrogen-bond donors (Lipinski definition) is 2. The van der Waals surface area contributed by atoms with Crippen LogP contribution in [-0.4, -0.2) is 24.1 Å². The first-order chi connectivity index (χ1) is 9.81. The highest BCUT2D eigenvalue weighted by Gasteiger charge is 2.02. The van der Waals surface area contributed by atoms with Gasteiger partial charge in [-0.2, -0.15) is 0 Å². The average molecular weight is 267 g/mol. The van der Waals surface area contributed by atoms with E-state index in [1.807, 2.05) is 30.3 Å². The van der Waals surface area contributed by atoms with Crippen molar-refractivity contribution in [3.8, 4) is 11.8 Å². The Morgan fingerprint density at radius 1 is 1.25 bits per heavy atom. The summed E-state index contributed by atoms with van der Waals surface area (Å²) in [7, 11) is 0. The lowest BCUT2D eigenvalue weighted by atomic mass is 10.1. The smallest absolute Gasteiger partial charge is 0.315 e. The van der Waals surface area contributed by atoms with E-state index in [2.05, 4.69) is 27.5 Å². The molecule has 4 heteroatoms. The molecule has 0 bridgehead atoms. The maximum Gasteiger partial charge on any atom is 0.315 e. The number of pyridine rings is 1. The molecule has 2 aromatic rings. The Balaban J connectivity index is 1.89. The summed E-state index contributed by atoms with van der Waals surface area (Å²) < 4.78 is 0. The second-order valence-corrected chi connectivity index (χ2v) is 4.28. The van der Waals surface area contributed by atoms with Gasteiger partial charge in [-0.15, -0.1) is 5.92 Å². The second-order valence-electron chi connectivity index (χ2n) is 4.28. The van der Waals surface area contributed by atoms with Gasteiger partial charge in [0, 0.05) is 18.1 Å². The van der Waals surface area contributed by atoms with Gasteiger partial charge in [-0.05, 0) is 25.0 Å². The van der Waals surface area contributed by atoms with Gasteiger partial charge in [-0.1, -0.05) is 30.2 Å². The molecule has 0 spiro atoms. The molecule has 2 N–H and O–H groups in total. The van der Waals surface area contributed by atoms with Gasteiger partial charge >= 0.3 is 6.03 Å². The van der Waals surface area contributed by atoms with Crippen LogP contribution in [0.2, 0.25) is 0 Å². The quantitative estimate of drug-likeness (QED) is 0.834. The van der Waals surface area contributed by atoms with Crippen LogP contribution in [0.3, 0.4) is 0 Å². The zero-order valence-electron chi connectivity index (χ0n) is 11.4. The Labute approximate surface area is 118 Å². The van der Waals surface area contributed by atoms with E-state index in [-0.39, 0.29) is 6.03 Å². The van der Waals surface area contributed by atoms with E-state index in [0.717, 1.165) is 22.9 Å². The van der Waals surface area contributed by atoms with Crippen LogP contribution in [0.1, 0.15) is 12.5 Å². The molecular weight excluding hydrogens is 250 g/mol. The van der Waals surface area contributed by atoms with Crippen molar-refractivity contribution in [2.45, 2.75) is 13.3 Å². The number of nitrogens with zero attached hydrogens (tertiary/aromatic N) is 1. The monoisotopic (exact) mass is 267 g/mol. The summed E-state index contributed by atoms with van der Waals surface area (Å²) in [5, 5.41) is 6.60. The number of urea groups is 1. The fourth-order valence-corrected chi connectivity index (χ4v) is 1.96. The minimum absolute atomic E-state index is 0.194. The summed E-state index contributed by atoms with van der Waals surface area (Å²) in [6.45, 7) is 2.69. The zero-order valence-corrected chi connectivity index (χ0v) is 11.4.